The van der Waals surface area contributed by atoms with E-state index in [-0.39, 0.29) is 6.61 Å². The summed E-state index contributed by atoms with van der Waals surface area (Å²) >= 11 is 0. The third-order valence-corrected chi connectivity index (χ3v) is 5.64. The van der Waals surface area contributed by atoms with Gasteiger partial charge in [0.05, 0.1) is 13.2 Å². The number of aliphatic hydroxyl groups is 1. The van der Waals surface area contributed by atoms with E-state index in [4.69, 9.17) is 0 Å². The van der Waals surface area contributed by atoms with Gasteiger partial charge < -0.3 is 10.1 Å². The number of aromatic nitrogens is 2. The van der Waals surface area contributed by atoms with Crippen molar-refractivity contribution < 1.29 is 5.11 Å². The van der Waals surface area contributed by atoms with Crippen molar-refractivity contribution in [2.75, 3.05) is 26.2 Å². The van der Waals surface area contributed by atoms with Gasteiger partial charge in [0.1, 0.15) is 5.82 Å². The van der Waals surface area contributed by atoms with E-state index in [0.29, 0.717) is 6.54 Å². The predicted molar refractivity (Wildman–Crippen MR) is 109 cm³/mol. The molecule has 0 saturated carbocycles. The van der Waals surface area contributed by atoms with E-state index in [1.54, 1.807) is 6.20 Å². The third-order valence-electron chi connectivity index (χ3n) is 5.64. The first-order valence-electron chi connectivity index (χ1n) is 10.2. The predicted octanol–water partition coefficient (Wildman–Crippen LogP) is 3.25. The Morgan fingerprint density at radius 1 is 1.26 bits per heavy atom. The molecule has 0 amide bonds. The molecule has 0 spiro atoms. The Kier molecular flexibility index (Phi) is 7.05. The average Bonchev–Trinajstić information content (AvgIpc) is 3.12. The van der Waals surface area contributed by atoms with Gasteiger partial charge in [-0.15, -0.1) is 0 Å². The molecule has 2 N–H and O–H groups in total. The van der Waals surface area contributed by atoms with Gasteiger partial charge in [0.2, 0.25) is 0 Å². The lowest BCUT2D eigenvalue weighted by atomic mass is 9.96. The van der Waals surface area contributed by atoms with Crippen molar-refractivity contribution in [1.29, 1.82) is 0 Å². The molecule has 1 unspecified atom stereocenters. The van der Waals surface area contributed by atoms with Crippen molar-refractivity contribution in [1.82, 2.24) is 19.8 Å². The summed E-state index contributed by atoms with van der Waals surface area (Å²) in [7, 11) is 0. The summed E-state index contributed by atoms with van der Waals surface area (Å²) in [6.45, 7) is 12.6. The zero-order chi connectivity index (χ0) is 19.2. The molecule has 0 bridgehead atoms. The zero-order valence-corrected chi connectivity index (χ0v) is 17.0. The minimum Gasteiger partial charge on any atom is -0.395 e. The number of aromatic amines is 1. The molecule has 27 heavy (non-hydrogen) atoms. The van der Waals surface area contributed by atoms with Crippen LogP contribution in [0.2, 0.25) is 0 Å². The number of aryl methyl sites for hydroxylation is 1. The molecular weight excluding hydrogens is 336 g/mol. The molecule has 5 nitrogen and oxygen atoms in total. The van der Waals surface area contributed by atoms with Gasteiger partial charge in [-0.1, -0.05) is 24.6 Å². The van der Waals surface area contributed by atoms with Gasteiger partial charge in [0, 0.05) is 38.6 Å². The summed E-state index contributed by atoms with van der Waals surface area (Å²) in [5.41, 5.74) is 5.51. The van der Waals surface area contributed by atoms with Gasteiger partial charge in [0.25, 0.3) is 0 Å². The molecule has 1 aromatic carbocycles. The maximum absolute atomic E-state index is 9.48. The van der Waals surface area contributed by atoms with Crippen LogP contribution in [0.3, 0.4) is 0 Å². The molecule has 2 aromatic rings. The maximum atomic E-state index is 9.48. The molecule has 1 aliphatic heterocycles. The molecule has 1 fully saturated rings. The highest BCUT2D eigenvalue weighted by molar-refractivity contribution is 5.38. The van der Waals surface area contributed by atoms with Crippen LogP contribution in [0.4, 0.5) is 0 Å². The monoisotopic (exact) mass is 370 g/mol. The first-order valence-corrected chi connectivity index (χ1v) is 10.2. The summed E-state index contributed by atoms with van der Waals surface area (Å²) in [4.78, 5) is 12.4. The van der Waals surface area contributed by atoms with E-state index >= 15 is 0 Å². The third kappa shape index (κ3) is 5.64. The van der Waals surface area contributed by atoms with E-state index < -0.39 is 0 Å². The minimum atomic E-state index is 0.157. The first-order chi connectivity index (χ1) is 13.0. The van der Waals surface area contributed by atoms with Gasteiger partial charge in [0.15, 0.2) is 0 Å². The fourth-order valence-corrected chi connectivity index (χ4v) is 4.21. The van der Waals surface area contributed by atoms with Crippen LogP contribution in [0, 0.1) is 19.8 Å². The fraction of sp³-hybridized carbons (Fsp3) is 0.591. The van der Waals surface area contributed by atoms with Crippen LogP contribution in [0.5, 0.6) is 0 Å². The number of aliphatic hydroxyl groups excluding tert-OH is 1. The zero-order valence-electron chi connectivity index (χ0n) is 17.0. The number of rotatable bonds is 8. The Bertz CT molecular complexity index is 713. The minimum absolute atomic E-state index is 0.157. The Labute approximate surface area is 163 Å². The van der Waals surface area contributed by atoms with E-state index in [1.807, 2.05) is 6.20 Å². The van der Waals surface area contributed by atoms with Crippen molar-refractivity contribution in [2.24, 2.45) is 5.92 Å². The van der Waals surface area contributed by atoms with E-state index in [2.05, 4.69) is 52.7 Å². The number of hydrogen-bond donors (Lipinski definition) is 2. The van der Waals surface area contributed by atoms with Crippen molar-refractivity contribution in [3.05, 3.63) is 52.6 Å². The van der Waals surface area contributed by atoms with E-state index in [1.165, 1.54) is 48.2 Å². The second-order valence-corrected chi connectivity index (χ2v) is 8.16. The molecule has 2 heterocycles. The number of benzene rings is 1. The lowest BCUT2D eigenvalue weighted by Gasteiger charge is -2.32. The summed E-state index contributed by atoms with van der Waals surface area (Å²) in [5, 5.41) is 9.48. The number of H-pyrrole nitrogens is 1. The smallest absolute Gasteiger partial charge is 0.120 e. The summed E-state index contributed by atoms with van der Waals surface area (Å²) in [6, 6.07) is 4.64. The van der Waals surface area contributed by atoms with Crippen LogP contribution >= 0.6 is 0 Å². The molecule has 148 valence electrons. The molecule has 5 heteroatoms. The van der Waals surface area contributed by atoms with Crippen LogP contribution < -0.4 is 0 Å². The average molecular weight is 371 g/mol. The Morgan fingerprint density at radius 2 is 2.07 bits per heavy atom. The van der Waals surface area contributed by atoms with Gasteiger partial charge in [-0.25, -0.2) is 4.98 Å². The highest BCUT2D eigenvalue weighted by Crippen LogP contribution is 2.23. The Morgan fingerprint density at radius 3 is 2.78 bits per heavy atom. The number of piperidine rings is 1. The van der Waals surface area contributed by atoms with Gasteiger partial charge in [-0.3, -0.25) is 9.80 Å². The molecule has 3 rings (SSSR count). The van der Waals surface area contributed by atoms with Crippen LogP contribution in [0.15, 0.2) is 24.5 Å². The van der Waals surface area contributed by atoms with Gasteiger partial charge >= 0.3 is 0 Å². The van der Waals surface area contributed by atoms with E-state index in [0.717, 1.165) is 31.4 Å². The quantitative estimate of drug-likeness (QED) is 0.749. The molecule has 1 aliphatic rings. The molecular formula is C22H34N4O. The largest absolute Gasteiger partial charge is 0.395 e. The molecule has 1 atom stereocenters. The number of likely N-dealkylation sites (tertiary alicyclic amines) is 1. The molecule has 0 aliphatic carbocycles. The second-order valence-electron chi connectivity index (χ2n) is 8.16. The lowest BCUT2D eigenvalue weighted by Crippen LogP contribution is -2.34. The number of nitrogens with one attached hydrogen (secondary N) is 1. The maximum Gasteiger partial charge on any atom is 0.120 e. The van der Waals surface area contributed by atoms with Gasteiger partial charge in [-0.05, 0) is 55.8 Å². The fourth-order valence-electron chi connectivity index (χ4n) is 4.21. The molecule has 0 radical (unpaired) electrons. The van der Waals surface area contributed by atoms with Crippen molar-refractivity contribution in [3.8, 4) is 0 Å². The highest BCUT2D eigenvalue weighted by atomic mass is 16.3. The summed E-state index contributed by atoms with van der Waals surface area (Å²) in [6.07, 6.45) is 6.30. The SMILES string of the molecule is Cc1cc(CN(CCO)Cc2ncc[nH]2)c(C)c(CN2CCCC(C)C2)c1. The number of nitrogens with zero attached hydrogens (tertiary/aromatic N) is 3. The normalized spacial score (nSPS) is 18.3. The number of imidazole rings is 1. The summed E-state index contributed by atoms with van der Waals surface area (Å²) in [5.74, 6) is 1.74. The second kappa shape index (κ2) is 9.49. The Balaban J connectivity index is 1.74. The van der Waals surface area contributed by atoms with Crippen LogP contribution in [-0.4, -0.2) is 51.1 Å². The van der Waals surface area contributed by atoms with Crippen molar-refractivity contribution >= 4 is 0 Å². The van der Waals surface area contributed by atoms with Crippen LogP contribution in [-0.2, 0) is 19.6 Å². The summed E-state index contributed by atoms with van der Waals surface area (Å²) < 4.78 is 0. The standard InChI is InChI=1S/C22H34N4O/c1-17-5-4-8-25(13-17)14-20-11-18(2)12-21(19(20)3)15-26(9-10-27)16-22-23-6-7-24-22/h6-7,11-12,17,27H,4-5,8-10,13-16H2,1-3H3,(H,23,24). The lowest BCUT2D eigenvalue weighted by molar-refractivity contribution is 0.175. The van der Waals surface area contributed by atoms with E-state index in [9.17, 15) is 5.11 Å². The topological polar surface area (TPSA) is 55.4 Å². The van der Waals surface area contributed by atoms with Crippen molar-refractivity contribution in [3.63, 3.8) is 0 Å². The first kappa shape index (κ1) is 20.1. The van der Waals surface area contributed by atoms with Crippen LogP contribution in [0.25, 0.3) is 0 Å². The molecule has 1 saturated heterocycles. The highest BCUT2D eigenvalue weighted by Gasteiger charge is 2.18. The molecule has 1 aromatic heterocycles. The van der Waals surface area contributed by atoms with Crippen molar-refractivity contribution in [2.45, 2.75) is 53.2 Å². The van der Waals surface area contributed by atoms with Crippen LogP contribution in [0.1, 0.15) is 47.8 Å². The van der Waals surface area contributed by atoms with Gasteiger partial charge in [-0.2, -0.15) is 0 Å². The Hall–Kier alpha value is -1.69. The number of hydrogen-bond acceptors (Lipinski definition) is 4.